The molecule has 0 unspecified atom stereocenters. The number of amides is 2. The first-order chi connectivity index (χ1) is 24.8. The molecule has 7 N–H and O–H groups in total. The van der Waals surface area contributed by atoms with E-state index in [0.717, 1.165) is 11.1 Å². The molecule has 0 radical (unpaired) electrons. The van der Waals surface area contributed by atoms with Gasteiger partial charge >= 0.3 is 6.03 Å². The van der Waals surface area contributed by atoms with Crippen LogP contribution in [0.2, 0.25) is 0 Å². The number of aliphatic hydroxyl groups is 3. The molecule has 2 saturated heterocycles. The van der Waals surface area contributed by atoms with Crippen LogP contribution in [0, 0.1) is 0 Å². The third kappa shape index (κ3) is 7.44. The van der Waals surface area contributed by atoms with Crippen LogP contribution in [-0.4, -0.2) is 95.1 Å². The zero-order valence-electron chi connectivity index (χ0n) is 28.0. The minimum Gasteiger partial charge on any atom is -0.508 e. The Hall–Kier alpha value is -5.29. The third-order valence-electron chi connectivity index (χ3n) is 9.20. The van der Waals surface area contributed by atoms with Crippen LogP contribution in [-0.2, 0) is 24.1 Å². The summed E-state index contributed by atoms with van der Waals surface area (Å²) in [7, 11) is 0. The van der Waals surface area contributed by atoms with Gasteiger partial charge in [-0.1, -0.05) is 54.5 Å². The largest absolute Gasteiger partial charge is 0.508 e. The van der Waals surface area contributed by atoms with Crippen LogP contribution in [0.1, 0.15) is 48.3 Å². The summed E-state index contributed by atoms with van der Waals surface area (Å²) in [6.45, 7) is 2.96. The van der Waals surface area contributed by atoms with E-state index in [2.05, 4.69) is 26.1 Å². The Labute approximate surface area is 293 Å². The number of rotatable bonds is 12. The van der Waals surface area contributed by atoms with Crippen molar-refractivity contribution >= 4 is 29.0 Å². The fourth-order valence-electron chi connectivity index (χ4n) is 6.48. The number of aliphatic hydroxyl groups excluding tert-OH is 3. The average molecular weight is 700 g/mol. The predicted molar refractivity (Wildman–Crippen MR) is 185 cm³/mol. The number of hydrogen-bond donors (Lipinski definition) is 7. The highest BCUT2D eigenvalue weighted by atomic mass is 16.6. The van der Waals surface area contributed by atoms with Crippen molar-refractivity contribution in [1.82, 2.24) is 35.3 Å². The molecule has 2 aliphatic rings. The Kier molecular flexibility index (Phi) is 9.99. The van der Waals surface area contributed by atoms with Gasteiger partial charge in [-0.05, 0) is 42.5 Å². The minimum absolute atomic E-state index is 0.129. The van der Waals surface area contributed by atoms with E-state index in [1.807, 2.05) is 48.2 Å². The Balaban J connectivity index is 1.14. The molecule has 3 aromatic heterocycles. The van der Waals surface area contributed by atoms with Gasteiger partial charge in [-0.15, -0.1) is 0 Å². The molecule has 51 heavy (non-hydrogen) atoms. The molecule has 0 bridgehead atoms. The van der Waals surface area contributed by atoms with Crippen LogP contribution in [0.5, 0.6) is 5.75 Å². The summed E-state index contributed by atoms with van der Waals surface area (Å²) in [5.74, 6) is 1.15. The fourth-order valence-corrected chi connectivity index (χ4v) is 6.48. The summed E-state index contributed by atoms with van der Waals surface area (Å²) in [4.78, 5) is 29.0. The highest BCUT2D eigenvalue weighted by Crippen LogP contribution is 2.40. The van der Waals surface area contributed by atoms with Crippen LogP contribution in [0.3, 0.4) is 0 Å². The molecule has 0 aliphatic carbocycles. The lowest BCUT2D eigenvalue weighted by molar-refractivity contribution is -0.0434. The molecule has 2 fully saturated rings. The molecule has 5 heterocycles. The number of ether oxygens (including phenoxy) is 1. The van der Waals surface area contributed by atoms with Gasteiger partial charge in [0.2, 0.25) is 5.95 Å². The second kappa shape index (κ2) is 14.9. The van der Waals surface area contributed by atoms with Gasteiger partial charge in [0.05, 0.1) is 24.7 Å². The molecular weight excluding hydrogens is 658 g/mol. The van der Waals surface area contributed by atoms with Crippen molar-refractivity contribution in [3.05, 3.63) is 89.6 Å². The number of nitrogens with zero attached hydrogens (tertiary/aromatic N) is 6. The summed E-state index contributed by atoms with van der Waals surface area (Å²) >= 11 is 0. The van der Waals surface area contributed by atoms with Crippen molar-refractivity contribution < 1.29 is 34.5 Å². The molecule has 268 valence electrons. The van der Waals surface area contributed by atoms with Crippen LogP contribution >= 0.6 is 0 Å². The lowest BCUT2D eigenvalue weighted by Gasteiger charge is -2.22. The number of carbonyl (C=O) groups is 1. The van der Waals surface area contributed by atoms with Crippen LogP contribution in [0.15, 0.2) is 71.5 Å². The van der Waals surface area contributed by atoms with Crippen molar-refractivity contribution in [3.63, 3.8) is 0 Å². The number of imidazole rings is 1. The molecule has 2 amide bonds. The van der Waals surface area contributed by atoms with Crippen LogP contribution < -0.4 is 20.9 Å². The normalized spacial score (nSPS) is 22.4. The lowest BCUT2D eigenvalue weighted by Crippen LogP contribution is -2.43. The molecule has 7 rings (SSSR count). The number of phenolic OH excluding ortho intramolecular Hbond substituents is 1. The van der Waals surface area contributed by atoms with Crippen molar-refractivity contribution in [2.75, 3.05) is 29.9 Å². The number of urea groups is 1. The summed E-state index contributed by atoms with van der Waals surface area (Å²) in [5.41, 5.74) is 3.21. The number of carbonyl (C=O) groups excluding carboxylic acids is 1. The van der Waals surface area contributed by atoms with Crippen LogP contribution in [0.4, 0.5) is 16.6 Å². The smallest absolute Gasteiger partial charge is 0.315 e. The lowest BCUT2D eigenvalue weighted by atomic mass is 10.1. The molecule has 16 nitrogen and oxygen atoms in total. The first-order valence-corrected chi connectivity index (χ1v) is 17.0. The topological polar surface area (TPSA) is 216 Å². The first kappa shape index (κ1) is 34.2. The number of aromatic hydroxyl groups is 1. The molecule has 5 aromatic rings. The predicted octanol–water partition coefficient (Wildman–Crippen LogP) is 2.17. The van der Waals surface area contributed by atoms with E-state index in [0.29, 0.717) is 66.7 Å². The summed E-state index contributed by atoms with van der Waals surface area (Å²) in [5, 5.41) is 55.4. The summed E-state index contributed by atoms with van der Waals surface area (Å²) < 4.78 is 13.2. The Morgan fingerprint density at radius 1 is 1.06 bits per heavy atom. The molecule has 0 saturated carbocycles. The van der Waals surface area contributed by atoms with E-state index < -0.39 is 30.6 Å². The first-order valence-electron chi connectivity index (χ1n) is 17.0. The molecule has 2 aliphatic heterocycles. The number of nitrogens with one attached hydrogen (secondary N) is 3. The van der Waals surface area contributed by atoms with Gasteiger partial charge in [0.25, 0.3) is 0 Å². The molecule has 2 aromatic carbocycles. The van der Waals surface area contributed by atoms with Crippen molar-refractivity contribution in [2.45, 2.75) is 69.4 Å². The molecule has 0 spiro atoms. The van der Waals surface area contributed by atoms with Crippen molar-refractivity contribution in [3.8, 4) is 5.75 Å². The third-order valence-corrected chi connectivity index (χ3v) is 9.20. The number of benzene rings is 2. The maximum atomic E-state index is 12.7. The summed E-state index contributed by atoms with van der Waals surface area (Å²) in [6, 6.07) is 17.2. The number of aryl methyl sites for hydroxylation is 1. The number of anilines is 2. The monoisotopic (exact) mass is 699 g/mol. The highest BCUT2D eigenvalue weighted by molar-refractivity contribution is 5.85. The van der Waals surface area contributed by atoms with Crippen molar-refractivity contribution in [2.24, 2.45) is 0 Å². The maximum absolute atomic E-state index is 12.7. The fraction of sp³-hybridized carbons (Fsp3) is 0.400. The second-order valence-corrected chi connectivity index (χ2v) is 12.8. The standard InChI is InChI=1S/C35H41N9O7/c1-2-22-15-26(51-42-22)30-28(47)29(48)33(50-30)44-19-37-27-31(38-24(18-45)13-20-7-4-3-5-8-20)40-34(41-32(27)44)43-12-11-23(17-43)39-35(49)36-16-21-9-6-10-25(46)14-21/h3-10,14-15,19,23-24,28-30,33,45-48H,2,11-13,16-18H2,1H3,(H2,36,39,49)(H,38,40,41)/t23-,24+,28+,29-,30-,33-/m1/s1. The Morgan fingerprint density at radius 3 is 2.65 bits per heavy atom. The van der Waals surface area contributed by atoms with Crippen molar-refractivity contribution in [1.29, 1.82) is 0 Å². The summed E-state index contributed by atoms with van der Waals surface area (Å²) in [6.07, 6.45) is -1.43. The second-order valence-electron chi connectivity index (χ2n) is 12.8. The Bertz CT molecular complexity index is 1950. The van der Waals surface area contributed by atoms with E-state index in [-0.39, 0.29) is 31.0 Å². The minimum atomic E-state index is -1.35. The van der Waals surface area contributed by atoms with Gasteiger partial charge in [0, 0.05) is 31.7 Å². The van der Waals surface area contributed by atoms with E-state index >= 15 is 0 Å². The van der Waals surface area contributed by atoms with E-state index in [4.69, 9.17) is 19.2 Å². The van der Waals surface area contributed by atoms with Gasteiger partial charge in [0.1, 0.15) is 24.1 Å². The van der Waals surface area contributed by atoms with Gasteiger partial charge < -0.3 is 50.5 Å². The Morgan fingerprint density at radius 2 is 1.88 bits per heavy atom. The number of hydrogen-bond acceptors (Lipinski definition) is 13. The van der Waals surface area contributed by atoms with E-state index in [1.54, 1.807) is 28.8 Å². The number of fused-ring (bicyclic) bond motifs is 1. The SMILES string of the molecule is CCc1cc([C@H]2O[C@@H](n3cnc4c(N[C@H](CO)Cc5ccccc5)nc(N5CC[C@@H](NC(=O)NCc6cccc(O)c6)C5)nc43)[C@H](O)[C@@H]2O)on1. The number of phenols is 1. The van der Waals surface area contributed by atoms with E-state index in [9.17, 15) is 25.2 Å². The zero-order valence-corrected chi connectivity index (χ0v) is 28.0. The van der Waals surface area contributed by atoms with Gasteiger partial charge in [-0.2, -0.15) is 9.97 Å². The molecule has 6 atom stereocenters. The quantitative estimate of drug-likeness (QED) is 0.0995. The van der Waals surface area contributed by atoms with Gasteiger partial charge in [-0.25, -0.2) is 9.78 Å². The van der Waals surface area contributed by atoms with Crippen LogP contribution in [0.25, 0.3) is 11.2 Å². The number of aromatic nitrogens is 5. The molecular formula is C35H41N9O7. The maximum Gasteiger partial charge on any atom is 0.315 e. The van der Waals surface area contributed by atoms with Gasteiger partial charge in [0.15, 0.2) is 29.0 Å². The average Bonchev–Trinajstić information content (AvgIpc) is 3.95. The highest BCUT2D eigenvalue weighted by Gasteiger charge is 2.47. The zero-order chi connectivity index (χ0) is 35.5. The van der Waals surface area contributed by atoms with E-state index in [1.165, 1.54) is 6.33 Å². The van der Waals surface area contributed by atoms with Gasteiger partial charge in [-0.3, -0.25) is 4.57 Å². The molecule has 16 heteroatoms.